The highest BCUT2D eigenvalue weighted by Gasteiger charge is 2.09. The Morgan fingerprint density at radius 1 is 1.35 bits per heavy atom. The second-order valence-corrected chi connectivity index (χ2v) is 3.45. The van der Waals surface area contributed by atoms with Gasteiger partial charge in [-0.2, -0.15) is 14.0 Å². The number of nitriles is 1. The van der Waals surface area contributed by atoms with Crippen molar-refractivity contribution in [3.8, 4) is 11.8 Å². The Morgan fingerprint density at radius 3 is 2.47 bits per heavy atom. The van der Waals surface area contributed by atoms with Crippen LogP contribution in [-0.4, -0.2) is 13.2 Å². The second-order valence-electron chi connectivity index (χ2n) is 3.45. The quantitative estimate of drug-likeness (QED) is 0.777. The van der Waals surface area contributed by atoms with E-state index in [1.165, 1.54) is 12.1 Å². The van der Waals surface area contributed by atoms with E-state index in [2.05, 4.69) is 10.1 Å². The molecule has 92 valence electrons. The van der Waals surface area contributed by atoms with E-state index < -0.39 is 6.61 Å². The average molecular weight is 240 g/mol. The van der Waals surface area contributed by atoms with Crippen molar-refractivity contribution in [1.82, 2.24) is 5.32 Å². The monoisotopic (exact) mass is 240 g/mol. The van der Waals surface area contributed by atoms with Crippen LogP contribution in [0.5, 0.6) is 5.75 Å². The van der Waals surface area contributed by atoms with Crippen LogP contribution in [-0.2, 0) is 0 Å². The van der Waals surface area contributed by atoms with Crippen LogP contribution in [0.3, 0.4) is 0 Å². The maximum atomic E-state index is 11.9. The van der Waals surface area contributed by atoms with E-state index in [4.69, 9.17) is 5.26 Å². The van der Waals surface area contributed by atoms with Gasteiger partial charge in [-0.05, 0) is 24.1 Å². The zero-order chi connectivity index (χ0) is 12.7. The van der Waals surface area contributed by atoms with Crippen molar-refractivity contribution in [2.45, 2.75) is 26.0 Å². The minimum Gasteiger partial charge on any atom is -0.435 e. The molecule has 17 heavy (non-hydrogen) atoms. The Bertz CT molecular complexity index is 373. The molecular formula is C12H14F2N2O. The largest absolute Gasteiger partial charge is 0.435 e. The third kappa shape index (κ3) is 4.37. The third-order valence-corrected chi connectivity index (χ3v) is 2.34. The van der Waals surface area contributed by atoms with E-state index in [9.17, 15) is 8.78 Å². The molecule has 0 saturated carbocycles. The molecule has 0 amide bonds. The SMILES string of the molecule is CCC(NCC#N)c1ccc(OC(F)F)cc1. The minimum atomic E-state index is -2.81. The molecule has 1 N–H and O–H groups in total. The molecule has 0 aliphatic rings. The zero-order valence-electron chi connectivity index (χ0n) is 9.49. The van der Waals surface area contributed by atoms with Gasteiger partial charge in [-0.25, -0.2) is 0 Å². The summed E-state index contributed by atoms with van der Waals surface area (Å²) < 4.78 is 28.1. The van der Waals surface area contributed by atoms with Crippen molar-refractivity contribution in [3.05, 3.63) is 29.8 Å². The molecule has 0 radical (unpaired) electrons. The molecule has 1 atom stereocenters. The van der Waals surface area contributed by atoms with E-state index >= 15 is 0 Å². The predicted octanol–water partition coefficient (Wildman–Crippen LogP) is 2.85. The molecule has 0 aromatic heterocycles. The highest BCUT2D eigenvalue weighted by atomic mass is 19.3. The fourth-order valence-corrected chi connectivity index (χ4v) is 1.55. The van der Waals surface area contributed by atoms with Crippen LogP contribution in [0.4, 0.5) is 8.78 Å². The van der Waals surface area contributed by atoms with Crippen LogP contribution < -0.4 is 10.1 Å². The second kappa shape index (κ2) is 6.81. The predicted molar refractivity (Wildman–Crippen MR) is 59.7 cm³/mol. The number of alkyl halides is 2. The van der Waals surface area contributed by atoms with Gasteiger partial charge in [-0.3, -0.25) is 5.32 Å². The van der Waals surface area contributed by atoms with E-state index in [1.54, 1.807) is 12.1 Å². The van der Waals surface area contributed by atoms with Crippen molar-refractivity contribution < 1.29 is 13.5 Å². The first-order valence-electron chi connectivity index (χ1n) is 5.32. The van der Waals surface area contributed by atoms with Gasteiger partial charge in [0.15, 0.2) is 0 Å². The lowest BCUT2D eigenvalue weighted by molar-refractivity contribution is -0.0498. The first-order valence-corrected chi connectivity index (χ1v) is 5.32. The Hall–Kier alpha value is -1.67. The van der Waals surface area contributed by atoms with Crippen LogP contribution in [0.25, 0.3) is 0 Å². The molecule has 0 bridgehead atoms. The van der Waals surface area contributed by atoms with Crippen molar-refractivity contribution >= 4 is 0 Å². The summed E-state index contributed by atoms with van der Waals surface area (Å²) in [7, 11) is 0. The molecule has 1 rings (SSSR count). The van der Waals surface area contributed by atoms with Crippen LogP contribution >= 0.6 is 0 Å². The van der Waals surface area contributed by atoms with Crippen molar-refractivity contribution in [3.63, 3.8) is 0 Å². The molecule has 0 saturated heterocycles. The number of benzene rings is 1. The van der Waals surface area contributed by atoms with Crippen molar-refractivity contribution in [2.24, 2.45) is 0 Å². The van der Waals surface area contributed by atoms with Crippen molar-refractivity contribution in [1.29, 1.82) is 5.26 Å². The topological polar surface area (TPSA) is 45.0 Å². The molecule has 3 nitrogen and oxygen atoms in total. The molecule has 1 aromatic rings. The first-order chi connectivity index (χ1) is 8.17. The number of hydrogen-bond acceptors (Lipinski definition) is 3. The lowest BCUT2D eigenvalue weighted by Crippen LogP contribution is -2.20. The Balaban J connectivity index is 2.68. The molecular weight excluding hydrogens is 226 g/mol. The summed E-state index contributed by atoms with van der Waals surface area (Å²) in [4.78, 5) is 0. The molecule has 1 aromatic carbocycles. The molecule has 1 unspecified atom stereocenters. The van der Waals surface area contributed by atoms with Gasteiger partial charge >= 0.3 is 6.61 Å². The van der Waals surface area contributed by atoms with Crippen LogP contribution in [0.15, 0.2) is 24.3 Å². The van der Waals surface area contributed by atoms with Crippen LogP contribution in [0, 0.1) is 11.3 Å². The number of nitrogens with zero attached hydrogens (tertiary/aromatic N) is 1. The van der Waals surface area contributed by atoms with Crippen LogP contribution in [0.2, 0.25) is 0 Å². The van der Waals surface area contributed by atoms with E-state index in [0.29, 0.717) is 0 Å². The van der Waals surface area contributed by atoms with Gasteiger partial charge in [0.05, 0.1) is 12.6 Å². The summed E-state index contributed by atoms with van der Waals surface area (Å²) in [6.45, 7) is -0.564. The number of halogens is 2. The Kier molecular flexibility index (Phi) is 5.37. The molecule has 0 aliphatic carbocycles. The fraction of sp³-hybridized carbons (Fsp3) is 0.417. The molecule has 0 fully saturated rings. The summed E-state index contributed by atoms with van der Waals surface area (Å²) in [6.07, 6.45) is 0.816. The number of nitrogens with one attached hydrogen (secondary N) is 1. The standard InChI is InChI=1S/C12H14F2N2O/c1-2-11(16-8-7-15)9-3-5-10(6-4-9)17-12(13)14/h3-6,11-12,16H,2,8H2,1H3. The van der Waals surface area contributed by atoms with Crippen molar-refractivity contribution in [2.75, 3.05) is 6.54 Å². The smallest absolute Gasteiger partial charge is 0.387 e. The highest BCUT2D eigenvalue weighted by molar-refractivity contribution is 5.29. The van der Waals surface area contributed by atoms with Gasteiger partial charge in [0.25, 0.3) is 0 Å². The van der Waals surface area contributed by atoms with E-state index in [-0.39, 0.29) is 18.3 Å². The lowest BCUT2D eigenvalue weighted by Gasteiger charge is -2.15. The number of ether oxygens (including phenoxy) is 1. The fourth-order valence-electron chi connectivity index (χ4n) is 1.55. The molecule has 5 heteroatoms. The lowest BCUT2D eigenvalue weighted by atomic mass is 10.0. The van der Waals surface area contributed by atoms with Gasteiger partial charge in [0.1, 0.15) is 5.75 Å². The molecule has 0 heterocycles. The van der Waals surface area contributed by atoms with Crippen LogP contribution in [0.1, 0.15) is 24.9 Å². The Labute approximate surface area is 99.0 Å². The third-order valence-electron chi connectivity index (χ3n) is 2.34. The van der Waals surface area contributed by atoms with E-state index in [1.807, 2.05) is 13.0 Å². The Morgan fingerprint density at radius 2 is 2.00 bits per heavy atom. The molecule has 0 spiro atoms. The van der Waals surface area contributed by atoms with Gasteiger partial charge < -0.3 is 4.74 Å². The average Bonchev–Trinajstić information content (AvgIpc) is 2.31. The minimum absolute atomic E-state index is 0.0512. The summed E-state index contributed by atoms with van der Waals surface area (Å²) in [5.41, 5.74) is 0.948. The van der Waals surface area contributed by atoms with Gasteiger partial charge in [0, 0.05) is 6.04 Å². The van der Waals surface area contributed by atoms with Gasteiger partial charge in [-0.15, -0.1) is 0 Å². The maximum Gasteiger partial charge on any atom is 0.387 e. The first kappa shape index (κ1) is 13.4. The zero-order valence-corrected chi connectivity index (χ0v) is 9.49. The molecule has 0 aliphatic heterocycles. The summed E-state index contributed by atoms with van der Waals surface area (Å²) in [6, 6.07) is 8.49. The van der Waals surface area contributed by atoms with Gasteiger partial charge in [0.2, 0.25) is 0 Å². The highest BCUT2D eigenvalue weighted by Crippen LogP contribution is 2.21. The maximum absolute atomic E-state index is 11.9. The summed E-state index contributed by atoms with van der Waals surface area (Å²) in [5, 5.41) is 11.5. The summed E-state index contributed by atoms with van der Waals surface area (Å²) in [5.74, 6) is 0.138. The number of hydrogen-bond donors (Lipinski definition) is 1. The number of rotatable bonds is 6. The summed E-state index contributed by atoms with van der Waals surface area (Å²) >= 11 is 0. The normalized spacial score (nSPS) is 12.2. The van der Waals surface area contributed by atoms with Gasteiger partial charge in [-0.1, -0.05) is 19.1 Å². The van der Waals surface area contributed by atoms with E-state index in [0.717, 1.165) is 12.0 Å².